The first kappa shape index (κ1) is 6.19. The van der Waals surface area contributed by atoms with Crippen LogP contribution in [0.3, 0.4) is 0 Å². The van der Waals surface area contributed by atoms with E-state index in [-0.39, 0.29) is 6.10 Å². The van der Waals surface area contributed by atoms with Gasteiger partial charge in [0.05, 0.1) is 12.7 Å². The first-order valence-electron chi connectivity index (χ1n) is 2.51. The Morgan fingerprint density at radius 1 is 1.75 bits per heavy atom. The van der Waals surface area contributed by atoms with Gasteiger partial charge in [0.2, 0.25) is 0 Å². The lowest BCUT2D eigenvalue weighted by atomic mass is 10.3. The molecule has 0 aromatic rings. The molecule has 2 atom stereocenters. The zero-order chi connectivity index (χ0) is 5.98. The molecule has 0 amide bonds. The van der Waals surface area contributed by atoms with Crippen molar-refractivity contribution in [2.45, 2.75) is 19.4 Å². The Balaban J connectivity index is 2.34. The minimum Gasteiger partial charge on any atom is -0.268 e. The molecule has 4 heteroatoms. The third kappa shape index (κ3) is 1.54. The Kier molecular flexibility index (Phi) is 1.99. The minimum absolute atomic E-state index is 0.0876. The van der Waals surface area contributed by atoms with Crippen molar-refractivity contribution >= 4 is 11.4 Å². The Bertz CT molecular complexity index is 103. The van der Waals surface area contributed by atoms with Crippen molar-refractivity contribution in [3.8, 4) is 0 Å². The summed E-state index contributed by atoms with van der Waals surface area (Å²) in [5.74, 6) is 0. The Morgan fingerprint density at radius 2 is 2.50 bits per heavy atom. The normalized spacial score (nSPS) is 39.6. The molecule has 1 heterocycles. The highest BCUT2D eigenvalue weighted by atomic mass is 32.2. The molecule has 0 aromatic carbocycles. The van der Waals surface area contributed by atoms with E-state index in [9.17, 15) is 4.21 Å². The van der Waals surface area contributed by atoms with Gasteiger partial charge in [0, 0.05) is 0 Å². The van der Waals surface area contributed by atoms with Gasteiger partial charge in [-0.15, -0.1) is 0 Å². The lowest BCUT2D eigenvalue weighted by Gasteiger charge is -2.15. The van der Waals surface area contributed by atoms with Gasteiger partial charge in [-0.1, -0.05) is 0 Å². The zero-order valence-corrected chi connectivity index (χ0v) is 5.44. The van der Waals surface area contributed by atoms with Crippen LogP contribution in [0.25, 0.3) is 0 Å². The summed E-state index contributed by atoms with van der Waals surface area (Å²) >= 11 is -1.47. The maximum atomic E-state index is 10.3. The molecular weight excluding hydrogens is 128 g/mol. The van der Waals surface area contributed by atoms with Crippen LogP contribution in [0.1, 0.15) is 13.3 Å². The summed E-state index contributed by atoms with van der Waals surface area (Å²) in [6, 6.07) is 0. The predicted octanol–water partition coefficient (Wildman–Crippen LogP) is 0.391. The Morgan fingerprint density at radius 3 is 2.88 bits per heavy atom. The van der Waals surface area contributed by atoms with Crippen LogP contribution in [0.4, 0.5) is 0 Å². The maximum Gasteiger partial charge on any atom is 0.304 e. The summed E-state index contributed by atoms with van der Waals surface area (Å²) in [6.07, 6.45) is 0.927. The van der Waals surface area contributed by atoms with Crippen molar-refractivity contribution in [1.29, 1.82) is 0 Å². The summed E-state index contributed by atoms with van der Waals surface area (Å²) < 4.78 is 19.7. The molecule has 0 unspecified atom stereocenters. The summed E-state index contributed by atoms with van der Waals surface area (Å²) in [6.45, 7) is 2.42. The fourth-order valence-corrected chi connectivity index (χ4v) is 1.14. The molecule has 1 aliphatic heterocycles. The molecule has 1 saturated heterocycles. The molecule has 1 aliphatic rings. The van der Waals surface area contributed by atoms with Crippen LogP contribution >= 0.6 is 0 Å². The molecule has 1 fully saturated rings. The van der Waals surface area contributed by atoms with E-state index in [0.29, 0.717) is 6.61 Å². The molecule has 0 radical (unpaired) electrons. The van der Waals surface area contributed by atoms with Gasteiger partial charge < -0.3 is 0 Å². The van der Waals surface area contributed by atoms with Crippen molar-refractivity contribution in [3.05, 3.63) is 0 Å². The highest BCUT2D eigenvalue weighted by Gasteiger charge is 2.14. The SMILES string of the molecule is C[C@H]1CCO[S@](=O)O1. The first-order chi connectivity index (χ1) is 3.79. The second-order valence-electron chi connectivity index (χ2n) is 1.72. The van der Waals surface area contributed by atoms with E-state index < -0.39 is 11.4 Å². The van der Waals surface area contributed by atoms with Gasteiger partial charge in [0.15, 0.2) is 0 Å². The highest BCUT2D eigenvalue weighted by Crippen LogP contribution is 2.08. The van der Waals surface area contributed by atoms with E-state index in [2.05, 4.69) is 4.18 Å². The fourth-order valence-electron chi connectivity index (χ4n) is 0.492. The van der Waals surface area contributed by atoms with Crippen molar-refractivity contribution in [1.82, 2.24) is 0 Å². The van der Waals surface area contributed by atoms with E-state index in [1.165, 1.54) is 0 Å². The van der Waals surface area contributed by atoms with E-state index in [4.69, 9.17) is 4.18 Å². The van der Waals surface area contributed by atoms with Gasteiger partial charge in [-0.2, -0.15) is 4.21 Å². The topological polar surface area (TPSA) is 35.5 Å². The molecule has 0 saturated carbocycles. The summed E-state index contributed by atoms with van der Waals surface area (Å²) in [5.41, 5.74) is 0. The molecule has 0 aromatic heterocycles. The van der Waals surface area contributed by atoms with E-state index in [1.54, 1.807) is 0 Å². The van der Waals surface area contributed by atoms with Crippen LogP contribution in [-0.2, 0) is 19.7 Å². The Labute approximate surface area is 50.8 Å². The van der Waals surface area contributed by atoms with Crippen molar-refractivity contribution < 1.29 is 12.6 Å². The van der Waals surface area contributed by atoms with Crippen LogP contribution in [0.5, 0.6) is 0 Å². The van der Waals surface area contributed by atoms with Gasteiger partial charge in [-0.05, 0) is 13.3 Å². The molecule has 3 nitrogen and oxygen atoms in total. The smallest absolute Gasteiger partial charge is 0.268 e. The van der Waals surface area contributed by atoms with E-state index >= 15 is 0 Å². The molecule has 0 spiro atoms. The third-order valence-corrected chi connectivity index (χ3v) is 1.79. The van der Waals surface area contributed by atoms with Gasteiger partial charge in [0.1, 0.15) is 0 Å². The molecule has 48 valence electrons. The fraction of sp³-hybridized carbons (Fsp3) is 1.00. The minimum atomic E-state index is -1.47. The van der Waals surface area contributed by atoms with Crippen LogP contribution in [-0.4, -0.2) is 16.9 Å². The maximum absolute atomic E-state index is 10.3. The second-order valence-corrected chi connectivity index (χ2v) is 2.56. The van der Waals surface area contributed by atoms with Crippen molar-refractivity contribution in [3.63, 3.8) is 0 Å². The quantitative estimate of drug-likeness (QED) is 0.483. The van der Waals surface area contributed by atoms with Gasteiger partial charge >= 0.3 is 11.4 Å². The van der Waals surface area contributed by atoms with Crippen molar-refractivity contribution in [2.24, 2.45) is 0 Å². The highest BCUT2D eigenvalue weighted by molar-refractivity contribution is 7.75. The van der Waals surface area contributed by atoms with Gasteiger partial charge in [0.25, 0.3) is 0 Å². The molecule has 8 heavy (non-hydrogen) atoms. The largest absolute Gasteiger partial charge is 0.304 e. The molecule has 0 N–H and O–H groups in total. The van der Waals surface area contributed by atoms with Crippen molar-refractivity contribution in [2.75, 3.05) is 6.61 Å². The van der Waals surface area contributed by atoms with Crippen LogP contribution in [0.2, 0.25) is 0 Å². The molecular formula is C4H8O3S. The van der Waals surface area contributed by atoms with Crippen LogP contribution < -0.4 is 0 Å². The predicted molar refractivity (Wildman–Crippen MR) is 29.3 cm³/mol. The molecule has 1 rings (SSSR count). The van der Waals surface area contributed by atoms with Gasteiger partial charge in [-0.25, -0.2) is 0 Å². The monoisotopic (exact) mass is 136 g/mol. The lowest BCUT2D eigenvalue weighted by Crippen LogP contribution is -2.21. The third-order valence-electron chi connectivity index (χ3n) is 0.947. The molecule has 0 aliphatic carbocycles. The zero-order valence-electron chi connectivity index (χ0n) is 4.62. The summed E-state index contributed by atoms with van der Waals surface area (Å²) in [5, 5.41) is 0. The average molecular weight is 136 g/mol. The van der Waals surface area contributed by atoms with Crippen LogP contribution in [0, 0.1) is 0 Å². The first-order valence-corrected chi connectivity index (χ1v) is 3.51. The molecule has 0 bridgehead atoms. The summed E-state index contributed by atoms with van der Waals surface area (Å²) in [4.78, 5) is 0. The standard InChI is InChI=1S/C4H8O3S/c1-4-2-3-6-8(5)7-4/h4H,2-3H2,1H3/t4-,8-/m0/s1. The van der Waals surface area contributed by atoms with E-state index in [0.717, 1.165) is 6.42 Å². The second kappa shape index (κ2) is 2.57. The number of hydrogen-bond donors (Lipinski definition) is 0. The number of rotatable bonds is 0. The number of hydrogen-bond acceptors (Lipinski definition) is 3. The Hall–Kier alpha value is 0.0700. The van der Waals surface area contributed by atoms with Crippen LogP contribution in [0.15, 0.2) is 0 Å². The van der Waals surface area contributed by atoms with Gasteiger partial charge in [-0.3, -0.25) is 8.37 Å². The van der Waals surface area contributed by atoms with E-state index in [1.807, 2.05) is 6.92 Å². The summed E-state index contributed by atoms with van der Waals surface area (Å²) in [7, 11) is 0. The average Bonchev–Trinajstić information content (AvgIpc) is 1.64. The lowest BCUT2D eigenvalue weighted by molar-refractivity contribution is 0.125.